The van der Waals surface area contributed by atoms with Crippen LogP contribution < -0.4 is 14.8 Å². The maximum Gasteiger partial charge on any atom is 0.343 e. The van der Waals surface area contributed by atoms with E-state index in [2.05, 4.69) is 5.32 Å². The monoisotopic (exact) mass is 569 g/mol. The molecule has 34 heavy (non-hydrogen) atoms. The van der Waals surface area contributed by atoms with Gasteiger partial charge in [-0.05, 0) is 64.6 Å². The van der Waals surface area contributed by atoms with Gasteiger partial charge in [0, 0.05) is 17.8 Å². The number of non-ortho nitro benzene ring substituents is 1. The van der Waals surface area contributed by atoms with Crippen LogP contribution in [-0.4, -0.2) is 23.9 Å². The molecule has 9 nitrogen and oxygen atoms in total. The highest BCUT2D eigenvalue weighted by atomic mass is 127. The standard InChI is InChI=1S/C24H16IN3O6/c1-33-21-12-15(11-20(25)22(21)34-24(30)16-6-3-2-4-7-16)10-17(14-26)23(29)27-18-8-5-9-19(13-18)28(31)32/h2-13H,1H3,(H,27,29)/b17-10+. The number of nitrogens with one attached hydrogen (secondary N) is 1. The van der Waals surface area contributed by atoms with Gasteiger partial charge >= 0.3 is 5.97 Å². The van der Waals surface area contributed by atoms with Crippen molar-refractivity contribution < 1.29 is 24.0 Å². The number of nitro groups is 1. The molecule has 3 rings (SSSR count). The molecule has 0 fully saturated rings. The lowest BCUT2D eigenvalue weighted by atomic mass is 10.1. The molecule has 0 saturated carbocycles. The Labute approximate surface area is 207 Å². The topological polar surface area (TPSA) is 132 Å². The molecular weight excluding hydrogens is 553 g/mol. The Morgan fingerprint density at radius 3 is 2.50 bits per heavy atom. The van der Waals surface area contributed by atoms with Gasteiger partial charge in [0.1, 0.15) is 11.6 Å². The lowest BCUT2D eigenvalue weighted by Gasteiger charge is -2.12. The summed E-state index contributed by atoms with van der Waals surface area (Å²) in [6, 6.07) is 18.8. The van der Waals surface area contributed by atoms with E-state index in [1.807, 2.05) is 28.7 Å². The predicted molar refractivity (Wildman–Crippen MR) is 132 cm³/mol. The zero-order chi connectivity index (χ0) is 24.7. The van der Waals surface area contributed by atoms with Crippen LogP contribution in [0.4, 0.5) is 11.4 Å². The molecule has 0 atom stereocenters. The third-order valence-electron chi connectivity index (χ3n) is 4.45. The fourth-order valence-electron chi connectivity index (χ4n) is 2.86. The van der Waals surface area contributed by atoms with Crippen molar-refractivity contribution in [2.45, 2.75) is 0 Å². The van der Waals surface area contributed by atoms with E-state index in [9.17, 15) is 25.0 Å². The van der Waals surface area contributed by atoms with Crippen molar-refractivity contribution in [2.75, 3.05) is 12.4 Å². The Morgan fingerprint density at radius 1 is 1.12 bits per heavy atom. The number of nitriles is 1. The predicted octanol–water partition coefficient (Wildman–Crippen LogP) is 4.97. The molecule has 0 aliphatic heterocycles. The molecule has 0 aromatic heterocycles. The molecule has 10 heteroatoms. The first kappa shape index (κ1) is 24.4. The van der Waals surface area contributed by atoms with E-state index in [0.717, 1.165) is 0 Å². The summed E-state index contributed by atoms with van der Waals surface area (Å²) in [4.78, 5) is 35.3. The summed E-state index contributed by atoms with van der Waals surface area (Å²) in [6.45, 7) is 0. The fourth-order valence-corrected chi connectivity index (χ4v) is 3.59. The summed E-state index contributed by atoms with van der Waals surface area (Å²) in [5.74, 6) is -0.863. The first-order valence-corrected chi connectivity index (χ1v) is 10.7. The molecule has 3 aromatic carbocycles. The van der Waals surface area contributed by atoms with Crippen LogP contribution in [0.2, 0.25) is 0 Å². The number of amides is 1. The average molecular weight is 569 g/mol. The summed E-state index contributed by atoms with van der Waals surface area (Å²) < 4.78 is 11.4. The van der Waals surface area contributed by atoms with Crippen LogP contribution in [0.25, 0.3) is 6.08 Å². The van der Waals surface area contributed by atoms with Gasteiger partial charge in [0.15, 0.2) is 11.5 Å². The second kappa shape index (κ2) is 11.1. The van der Waals surface area contributed by atoms with E-state index >= 15 is 0 Å². The van der Waals surface area contributed by atoms with Gasteiger partial charge in [-0.25, -0.2) is 4.79 Å². The molecule has 3 aromatic rings. The number of nitrogens with zero attached hydrogens (tertiary/aromatic N) is 2. The minimum atomic E-state index is -0.739. The molecule has 0 heterocycles. The summed E-state index contributed by atoms with van der Waals surface area (Å²) in [5.41, 5.74) is 0.565. The highest BCUT2D eigenvalue weighted by molar-refractivity contribution is 14.1. The number of carbonyl (C=O) groups excluding carboxylic acids is 2. The van der Waals surface area contributed by atoms with Crippen molar-refractivity contribution in [3.05, 3.63) is 97.1 Å². The number of benzene rings is 3. The van der Waals surface area contributed by atoms with Gasteiger partial charge in [0.05, 0.1) is 21.2 Å². The number of halogens is 1. The van der Waals surface area contributed by atoms with Crippen molar-refractivity contribution >= 4 is 51.9 Å². The summed E-state index contributed by atoms with van der Waals surface area (Å²) in [5, 5.41) is 22.9. The lowest BCUT2D eigenvalue weighted by Crippen LogP contribution is -2.13. The van der Waals surface area contributed by atoms with E-state index in [1.165, 1.54) is 43.5 Å². The van der Waals surface area contributed by atoms with Gasteiger partial charge in [-0.15, -0.1) is 0 Å². The molecule has 0 aliphatic rings. The smallest absolute Gasteiger partial charge is 0.343 e. The number of hydrogen-bond acceptors (Lipinski definition) is 7. The molecule has 0 radical (unpaired) electrons. The molecule has 0 saturated heterocycles. The van der Waals surface area contributed by atoms with E-state index in [0.29, 0.717) is 14.7 Å². The zero-order valence-electron chi connectivity index (χ0n) is 17.7. The van der Waals surface area contributed by atoms with Gasteiger partial charge in [0.25, 0.3) is 11.6 Å². The van der Waals surface area contributed by atoms with E-state index in [-0.39, 0.29) is 28.4 Å². The highest BCUT2D eigenvalue weighted by Crippen LogP contribution is 2.35. The molecule has 1 amide bonds. The van der Waals surface area contributed by atoms with E-state index < -0.39 is 16.8 Å². The zero-order valence-corrected chi connectivity index (χ0v) is 19.8. The van der Waals surface area contributed by atoms with Gasteiger partial charge in [0.2, 0.25) is 0 Å². The highest BCUT2D eigenvalue weighted by Gasteiger charge is 2.18. The third-order valence-corrected chi connectivity index (χ3v) is 5.25. The Hall–Kier alpha value is -4.24. The van der Waals surface area contributed by atoms with Crippen LogP contribution in [0.15, 0.2) is 72.3 Å². The van der Waals surface area contributed by atoms with Gasteiger partial charge in [-0.2, -0.15) is 5.26 Å². The van der Waals surface area contributed by atoms with Crippen molar-refractivity contribution in [1.82, 2.24) is 0 Å². The molecule has 0 spiro atoms. The molecular formula is C24H16IN3O6. The van der Waals surface area contributed by atoms with Crippen LogP contribution in [0.3, 0.4) is 0 Å². The van der Waals surface area contributed by atoms with Crippen LogP contribution in [0.1, 0.15) is 15.9 Å². The summed E-state index contributed by atoms with van der Waals surface area (Å²) in [7, 11) is 1.40. The Bertz CT molecular complexity index is 1330. The van der Waals surface area contributed by atoms with E-state index in [4.69, 9.17) is 9.47 Å². The second-order valence-electron chi connectivity index (χ2n) is 6.72. The van der Waals surface area contributed by atoms with Gasteiger partial charge < -0.3 is 14.8 Å². The minimum absolute atomic E-state index is 0.177. The first-order chi connectivity index (χ1) is 16.3. The number of hydrogen-bond donors (Lipinski definition) is 1. The van der Waals surface area contributed by atoms with Crippen LogP contribution in [0.5, 0.6) is 11.5 Å². The number of anilines is 1. The fraction of sp³-hybridized carbons (Fsp3) is 0.0417. The Morgan fingerprint density at radius 2 is 1.85 bits per heavy atom. The summed E-state index contributed by atoms with van der Waals surface area (Å²) >= 11 is 1.96. The van der Waals surface area contributed by atoms with Crippen molar-refractivity contribution in [3.8, 4) is 17.6 Å². The van der Waals surface area contributed by atoms with Crippen LogP contribution in [-0.2, 0) is 4.79 Å². The van der Waals surface area contributed by atoms with Crippen LogP contribution in [0, 0.1) is 25.0 Å². The quantitative estimate of drug-likeness (QED) is 0.0808. The van der Waals surface area contributed by atoms with Crippen molar-refractivity contribution in [1.29, 1.82) is 5.26 Å². The lowest BCUT2D eigenvalue weighted by molar-refractivity contribution is -0.384. The van der Waals surface area contributed by atoms with Gasteiger partial charge in [-0.1, -0.05) is 24.3 Å². The molecule has 170 valence electrons. The SMILES string of the molecule is COc1cc(/C=C(\C#N)C(=O)Nc2cccc([N+](=O)[O-])c2)cc(I)c1OC(=O)c1ccccc1. The minimum Gasteiger partial charge on any atom is -0.493 e. The number of esters is 1. The number of ether oxygens (including phenoxy) is 2. The maximum absolute atomic E-state index is 12.6. The molecule has 1 N–H and O–H groups in total. The normalized spacial score (nSPS) is 10.7. The Kier molecular flexibility index (Phi) is 7.94. The summed E-state index contributed by atoms with van der Waals surface area (Å²) in [6.07, 6.45) is 1.33. The van der Waals surface area contributed by atoms with Crippen LogP contribution >= 0.6 is 22.6 Å². The number of carbonyl (C=O) groups is 2. The van der Waals surface area contributed by atoms with Crippen molar-refractivity contribution in [3.63, 3.8) is 0 Å². The van der Waals surface area contributed by atoms with E-state index in [1.54, 1.807) is 36.4 Å². The number of methoxy groups -OCH3 is 1. The third kappa shape index (κ3) is 5.96. The first-order valence-electron chi connectivity index (χ1n) is 9.64. The second-order valence-corrected chi connectivity index (χ2v) is 7.88. The number of nitro benzene ring substituents is 1. The molecule has 0 bridgehead atoms. The molecule has 0 unspecified atom stereocenters. The van der Waals surface area contributed by atoms with Gasteiger partial charge in [-0.3, -0.25) is 14.9 Å². The average Bonchev–Trinajstić information content (AvgIpc) is 2.84. The maximum atomic E-state index is 12.6. The largest absolute Gasteiger partial charge is 0.493 e. The number of rotatable bonds is 7. The Balaban J connectivity index is 1.86. The van der Waals surface area contributed by atoms with Crippen molar-refractivity contribution in [2.24, 2.45) is 0 Å². The molecule has 0 aliphatic carbocycles.